The van der Waals surface area contributed by atoms with Crippen molar-refractivity contribution in [1.29, 1.82) is 0 Å². The van der Waals surface area contributed by atoms with Crippen molar-refractivity contribution in [2.75, 3.05) is 36.4 Å². The quantitative estimate of drug-likeness (QED) is 0.824. The van der Waals surface area contributed by atoms with E-state index in [1.54, 1.807) is 6.20 Å². The molecular weight excluding hydrogens is 368 g/mol. The number of benzene rings is 1. The molecule has 2 amide bonds. The van der Waals surface area contributed by atoms with Gasteiger partial charge in [0.1, 0.15) is 11.9 Å². The third kappa shape index (κ3) is 4.37. The summed E-state index contributed by atoms with van der Waals surface area (Å²) in [5.74, 6) is 0.968. The predicted molar refractivity (Wildman–Crippen MR) is 112 cm³/mol. The molecule has 2 N–H and O–H groups in total. The number of hydrogen-bond acceptors (Lipinski definition) is 6. The fourth-order valence-electron chi connectivity index (χ4n) is 3.51. The molecular formula is C21H24N6O2. The molecule has 2 aromatic rings. The van der Waals surface area contributed by atoms with Crippen LogP contribution in [-0.2, 0) is 9.59 Å². The highest BCUT2D eigenvalue weighted by molar-refractivity contribution is 6.06. The number of pyridine rings is 1. The van der Waals surface area contributed by atoms with Gasteiger partial charge >= 0.3 is 0 Å². The lowest BCUT2D eigenvalue weighted by Crippen LogP contribution is -2.56. The van der Waals surface area contributed by atoms with Crippen LogP contribution in [-0.4, -0.2) is 59.9 Å². The molecule has 0 saturated carbocycles. The molecule has 2 aliphatic rings. The molecule has 1 aromatic heterocycles. The molecule has 29 heavy (non-hydrogen) atoms. The van der Waals surface area contributed by atoms with Crippen molar-refractivity contribution < 1.29 is 9.59 Å². The maximum atomic E-state index is 12.7. The fraction of sp³-hybridized carbons (Fsp3) is 0.333. The first-order chi connectivity index (χ1) is 14.1. The number of rotatable bonds is 3. The summed E-state index contributed by atoms with van der Waals surface area (Å²) in [4.78, 5) is 38.1. The summed E-state index contributed by atoms with van der Waals surface area (Å²) in [5, 5.41) is 5.72. The Balaban J connectivity index is 1.42. The highest BCUT2D eigenvalue weighted by Gasteiger charge is 2.30. The van der Waals surface area contributed by atoms with Gasteiger partial charge in [0, 0.05) is 38.1 Å². The number of carbonyl (C=O) groups is 2. The van der Waals surface area contributed by atoms with Crippen LogP contribution in [0, 0.1) is 6.92 Å². The topological polar surface area (TPSA) is 89.9 Å². The highest BCUT2D eigenvalue weighted by atomic mass is 16.2. The molecule has 0 bridgehead atoms. The summed E-state index contributed by atoms with van der Waals surface area (Å²) in [6.07, 6.45) is 1.83. The molecule has 1 aromatic carbocycles. The van der Waals surface area contributed by atoms with Crippen LogP contribution in [0.1, 0.15) is 12.0 Å². The molecule has 4 rings (SSSR count). The predicted octanol–water partition coefficient (Wildman–Crippen LogP) is 1.40. The first-order valence-corrected chi connectivity index (χ1v) is 9.75. The first kappa shape index (κ1) is 18.9. The number of piperazine rings is 1. The van der Waals surface area contributed by atoms with Crippen molar-refractivity contribution in [3.8, 4) is 0 Å². The Morgan fingerprint density at radius 1 is 1.07 bits per heavy atom. The minimum atomic E-state index is -0.729. The molecule has 1 atom stereocenters. The lowest BCUT2D eigenvalue weighted by Gasteiger charge is -2.38. The fourth-order valence-corrected chi connectivity index (χ4v) is 3.51. The molecule has 1 fully saturated rings. The van der Waals surface area contributed by atoms with Gasteiger partial charge in [0.15, 0.2) is 0 Å². The molecule has 2 aliphatic heterocycles. The second kappa shape index (κ2) is 8.30. The second-order valence-corrected chi connectivity index (χ2v) is 7.19. The third-order valence-corrected chi connectivity index (χ3v) is 5.17. The molecule has 0 spiro atoms. The van der Waals surface area contributed by atoms with E-state index in [4.69, 9.17) is 0 Å². The standard InChI is InChI=1S/C21H24N6O2/c1-15-6-2-3-7-16(15)23-20(29)17-14-19(28)25-21(24-17)27-12-10-26(11-13-27)18-8-4-5-9-22-18/h2-9,17H,10-14H2,1H3,(H,23,29)(H,24,25,28)/t17-/m1/s1. The van der Waals surface area contributed by atoms with Crippen molar-refractivity contribution in [1.82, 2.24) is 15.2 Å². The Morgan fingerprint density at radius 3 is 2.52 bits per heavy atom. The van der Waals surface area contributed by atoms with Crippen molar-refractivity contribution in [3.63, 3.8) is 0 Å². The Bertz CT molecular complexity index is 922. The number of aliphatic imine (C=N–C) groups is 1. The number of carbonyl (C=O) groups excluding carboxylic acids is 2. The van der Waals surface area contributed by atoms with Crippen LogP contribution in [0.15, 0.2) is 53.7 Å². The minimum Gasteiger partial charge on any atom is -0.353 e. The zero-order chi connectivity index (χ0) is 20.2. The van der Waals surface area contributed by atoms with Crippen LogP contribution in [0.4, 0.5) is 11.5 Å². The lowest BCUT2D eigenvalue weighted by molar-refractivity contribution is -0.125. The maximum Gasteiger partial charge on any atom is 0.249 e. The Kier molecular flexibility index (Phi) is 5.41. The number of para-hydroxylation sites is 1. The van der Waals surface area contributed by atoms with Gasteiger partial charge in [-0.1, -0.05) is 24.3 Å². The van der Waals surface area contributed by atoms with Crippen molar-refractivity contribution in [2.24, 2.45) is 4.99 Å². The van der Waals surface area contributed by atoms with E-state index in [-0.39, 0.29) is 18.2 Å². The summed E-state index contributed by atoms with van der Waals surface area (Å²) in [6.45, 7) is 4.86. The van der Waals surface area contributed by atoms with E-state index in [0.717, 1.165) is 30.2 Å². The summed E-state index contributed by atoms with van der Waals surface area (Å²) in [6, 6.07) is 12.7. The molecule has 1 saturated heterocycles. The number of aromatic nitrogens is 1. The van der Waals surface area contributed by atoms with Gasteiger partial charge < -0.3 is 15.1 Å². The van der Waals surface area contributed by atoms with Crippen molar-refractivity contribution >= 4 is 29.3 Å². The highest BCUT2D eigenvalue weighted by Crippen LogP contribution is 2.17. The van der Waals surface area contributed by atoms with Gasteiger partial charge in [0.25, 0.3) is 0 Å². The van der Waals surface area contributed by atoms with Gasteiger partial charge in [-0.05, 0) is 30.7 Å². The van der Waals surface area contributed by atoms with E-state index in [2.05, 4.69) is 25.5 Å². The molecule has 8 heteroatoms. The molecule has 0 aliphatic carbocycles. The summed E-state index contributed by atoms with van der Waals surface area (Å²) in [7, 11) is 0. The van der Waals surface area contributed by atoms with Crippen LogP contribution in [0.3, 0.4) is 0 Å². The van der Waals surface area contributed by atoms with Crippen LogP contribution in [0.5, 0.6) is 0 Å². The Labute approximate surface area is 169 Å². The maximum absolute atomic E-state index is 12.7. The van der Waals surface area contributed by atoms with Gasteiger partial charge in [-0.3, -0.25) is 14.9 Å². The van der Waals surface area contributed by atoms with Crippen LogP contribution in [0.25, 0.3) is 0 Å². The number of nitrogens with zero attached hydrogens (tertiary/aromatic N) is 4. The minimum absolute atomic E-state index is 0.0507. The first-order valence-electron chi connectivity index (χ1n) is 9.75. The molecule has 3 heterocycles. The van der Waals surface area contributed by atoms with Gasteiger partial charge in [-0.2, -0.15) is 0 Å². The van der Waals surface area contributed by atoms with Gasteiger partial charge in [-0.15, -0.1) is 0 Å². The SMILES string of the molecule is Cc1ccccc1NC(=O)[C@H]1CC(=O)NC(N2CCN(c3ccccn3)CC2)=N1. The van der Waals surface area contributed by atoms with Crippen LogP contribution >= 0.6 is 0 Å². The molecule has 8 nitrogen and oxygen atoms in total. The summed E-state index contributed by atoms with van der Waals surface area (Å²) < 4.78 is 0. The van der Waals surface area contributed by atoms with E-state index < -0.39 is 6.04 Å². The number of hydrogen-bond donors (Lipinski definition) is 2. The average molecular weight is 392 g/mol. The Hall–Kier alpha value is -3.42. The number of amides is 2. The zero-order valence-corrected chi connectivity index (χ0v) is 16.3. The molecule has 0 unspecified atom stereocenters. The number of guanidine groups is 1. The van der Waals surface area contributed by atoms with Crippen molar-refractivity contribution in [3.05, 3.63) is 54.2 Å². The van der Waals surface area contributed by atoms with Gasteiger partial charge in [0.05, 0.1) is 6.42 Å². The van der Waals surface area contributed by atoms with Gasteiger partial charge in [0.2, 0.25) is 17.8 Å². The Morgan fingerprint density at radius 2 is 1.79 bits per heavy atom. The number of aryl methyl sites for hydroxylation is 1. The average Bonchev–Trinajstić information content (AvgIpc) is 2.75. The van der Waals surface area contributed by atoms with E-state index in [1.165, 1.54) is 0 Å². The zero-order valence-electron chi connectivity index (χ0n) is 16.3. The van der Waals surface area contributed by atoms with E-state index in [9.17, 15) is 9.59 Å². The number of nitrogens with one attached hydrogen (secondary N) is 2. The smallest absolute Gasteiger partial charge is 0.249 e. The van der Waals surface area contributed by atoms with Gasteiger partial charge in [-0.25, -0.2) is 9.98 Å². The van der Waals surface area contributed by atoms with Crippen LogP contribution in [0.2, 0.25) is 0 Å². The second-order valence-electron chi connectivity index (χ2n) is 7.19. The van der Waals surface area contributed by atoms with E-state index in [0.29, 0.717) is 19.0 Å². The molecule has 0 radical (unpaired) electrons. The number of anilines is 2. The summed E-state index contributed by atoms with van der Waals surface area (Å²) >= 11 is 0. The molecule has 150 valence electrons. The van der Waals surface area contributed by atoms with E-state index >= 15 is 0 Å². The van der Waals surface area contributed by atoms with Crippen LogP contribution < -0.4 is 15.5 Å². The van der Waals surface area contributed by atoms with E-state index in [1.807, 2.05) is 54.3 Å². The normalized spacial score (nSPS) is 19.4. The lowest BCUT2D eigenvalue weighted by atomic mass is 10.1. The third-order valence-electron chi connectivity index (χ3n) is 5.17. The summed E-state index contributed by atoms with van der Waals surface area (Å²) in [5.41, 5.74) is 1.71. The van der Waals surface area contributed by atoms with Crippen molar-refractivity contribution in [2.45, 2.75) is 19.4 Å². The largest absolute Gasteiger partial charge is 0.353 e. The monoisotopic (exact) mass is 392 g/mol.